The molecule has 1 N–H and O–H groups in total. The fourth-order valence-electron chi connectivity index (χ4n) is 2.34. The lowest BCUT2D eigenvalue weighted by Crippen LogP contribution is -3.09. The first-order valence-electron chi connectivity index (χ1n) is 5.75. The molecule has 1 unspecified atom stereocenters. The van der Waals surface area contributed by atoms with Crippen LogP contribution in [0.5, 0.6) is 0 Å². The smallest absolute Gasteiger partial charge is 0.314 e. The second kappa shape index (κ2) is 5.12. The minimum absolute atomic E-state index is 0.0527. The number of rotatable bonds is 3. The fraction of sp³-hybridized carbons (Fsp3) is 0.462. The lowest BCUT2D eigenvalue weighted by Gasteiger charge is -2.12. The number of methoxy groups -OCH3 is 1. The zero-order valence-electron chi connectivity index (χ0n) is 9.61. The third-order valence-corrected chi connectivity index (χ3v) is 3.21. The number of carbonyl (C=O) groups is 1. The van der Waals surface area contributed by atoms with E-state index in [1.165, 1.54) is 17.6 Å². The van der Waals surface area contributed by atoms with Gasteiger partial charge in [-0.05, 0) is 0 Å². The van der Waals surface area contributed by atoms with Crippen molar-refractivity contribution in [3.8, 4) is 0 Å². The highest BCUT2D eigenvalue weighted by Gasteiger charge is 2.32. The molecule has 0 aromatic heterocycles. The Morgan fingerprint density at radius 1 is 1.44 bits per heavy atom. The molecule has 86 valence electrons. The molecule has 2 rings (SSSR count). The average Bonchev–Trinajstić information content (AvgIpc) is 2.78. The molecule has 1 aromatic rings. The SMILES string of the molecule is COC(=O)[C@H]1CC[NH+](Cc2ccccc2)C1. The highest BCUT2D eigenvalue weighted by Crippen LogP contribution is 2.07. The third-order valence-electron chi connectivity index (χ3n) is 3.21. The molecule has 1 saturated heterocycles. The predicted molar refractivity (Wildman–Crippen MR) is 61.0 cm³/mol. The Balaban J connectivity index is 1.88. The third kappa shape index (κ3) is 2.61. The summed E-state index contributed by atoms with van der Waals surface area (Å²) in [6, 6.07) is 10.4. The van der Waals surface area contributed by atoms with Crippen molar-refractivity contribution in [3.05, 3.63) is 35.9 Å². The molecule has 0 aliphatic carbocycles. The first-order chi connectivity index (χ1) is 7.79. The zero-order valence-corrected chi connectivity index (χ0v) is 9.61. The van der Waals surface area contributed by atoms with Gasteiger partial charge in [0.1, 0.15) is 12.5 Å². The second-order valence-corrected chi connectivity index (χ2v) is 4.38. The molecule has 2 atom stereocenters. The van der Waals surface area contributed by atoms with Crippen LogP contribution in [0.25, 0.3) is 0 Å². The molecule has 1 aliphatic rings. The molecule has 0 spiro atoms. The first-order valence-corrected chi connectivity index (χ1v) is 5.75. The predicted octanol–water partition coefficient (Wildman–Crippen LogP) is 0.264. The molecule has 0 bridgehead atoms. The summed E-state index contributed by atoms with van der Waals surface area (Å²) in [6.45, 7) is 2.98. The van der Waals surface area contributed by atoms with Crippen LogP contribution in [-0.2, 0) is 16.1 Å². The molecule has 16 heavy (non-hydrogen) atoms. The lowest BCUT2D eigenvalue weighted by molar-refractivity contribution is -0.902. The van der Waals surface area contributed by atoms with E-state index >= 15 is 0 Å². The van der Waals surface area contributed by atoms with Crippen LogP contribution in [-0.4, -0.2) is 26.2 Å². The van der Waals surface area contributed by atoms with E-state index in [1.807, 2.05) is 6.07 Å². The normalized spacial score (nSPS) is 24.3. The van der Waals surface area contributed by atoms with Gasteiger partial charge in [0.2, 0.25) is 0 Å². The molecule has 0 radical (unpaired) electrons. The highest BCUT2D eigenvalue weighted by atomic mass is 16.5. The molecule has 1 heterocycles. The van der Waals surface area contributed by atoms with E-state index in [9.17, 15) is 4.79 Å². The van der Waals surface area contributed by atoms with Crippen LogP contribution in [0.1, 0.15) is 12.0 Å². The summed E-state index contributed by atoms with van der Waals surface area (Å²) < 4.78 is 4.78. The van der Waals surface area contributed by atoms with Gasteiger partial charge in [0.05, 0.1) is 20.2 Å². The van der Waals surface area contributed by atoms with E-state index < -0.39 is 0 Å². The van der Waals surface area contributed by atoms with Crippen molar-refractivity contribution in [2.75, 3.05) is 20.2 Å². The lowest BCUT2D eigenvalue weighted by atomic mass is 10.1. The minimum Gasteiger partial charge on any atom is -0.469 e. The maximum absolute atomic E-state index is 11.4. The number of esters is 1. The van der Waals surface area contributed by atoms with E-state index in [1.54, 1.807) is 0 Å². The number of nitrogens with one attached hydrogen (secondary N) is 1. The number of ether oxygens (including phenoxy) is 1. The highest BCUT2D eigenvalue weighted by molar-refractivity contribution is 5.72. The Morgan fingerprint density at radius 3 is 2.88 bits per heavy atom. The summed E-state index contributed by atoms with van der Waals surface area (Å²) in [5.74, 6) is 0.0479. The summed E-state index contributed by atoms with van der Waals surface area (Å²) >= 11 is 0. The number of hydrogen-bond donors (Lipinski definition) is 1. The van der Waals surface area contributed by atoms with Gasteiger partial charge in [0.25, 0.3) is 0 Å². The summed E-state index contributed by atoms with van der Waals surface area (Å²) in [5.41, 5.74) is 1.34. The van der Waals surface area contributed by atoms with Crippen LogP contribution in [0, 0.1) is 5.92 Å². The maximum Gasteiger partial charge on any atom is 0.314 e. The number of benzene rings is 1. The summed E-state index contributed by atoms with van der Waals surface area (Å²) in [6.07, 6.45) is 0.953. The summed E-state index contributed by atoms with van der Waals surface area (Å²) in [5, 5.41) is 0. The van der Waals surface area contributed by atoms with Gasteiger partial charge < -0.3 is 9.64 Å². The van der Waals surface area contributed by atoms with Crippen molar-refractivity contribution in [2.45, 2.75) is 13.0 Å². The van der Waals surface area contributed by atoms with Gasteiger partial charge in [0.15, 0.2) is 0 Å². The van der Waals surface area contributed by atoms with Gasteiger partial charge in [0, 0.05) is 12.0 Å². The maximum atomic E-state index is 11.4. The number of carbonyl (C=O) groups excluding carboxylic acids is 1. The molecule has 3 nitrogen and oxygen atoms in total. The molecule has 0 saturated carbocycles. The topological polar surface area (TPSA) is 30.7 Å². The number of likely N-dealkylation sites (tertiary alicyclic amines) is 1. The zero-order chi connectivity index (χ0) is 11.4. The summed E-state index contributed by atoms with van der Waals surface area (Å²) in [7, 11) is 1.47. The van der Waals surface area contributed by atoms with Crippen LogP contribution < -0.4 is 4.90 Å². The van der Waals surface area contributed by atoms with Crippen LogP contribution in [0.3, 0.4) is 0 Å². The van der Waals surface area contributed by atoms with Crippen molar-refractivity contribution in [1.29, 1.82) is 0 Å². The average molecular weight is 220 g/mol. The largest absolute Gasteiger partial charge is 0.469 e. The number of hydrogen-bond acceptors (Lipinski definition) is 2. The second-order valence-electron chi connectivity index (χ2n) is 4.38. The quantitative estimate of drug-likeness (QED) is 0.741. The first kappa shape index (κ1) is 11.1. The molecule has 1 fully saturated rings. The Labute approximate surface area is 96.0 Å². The van der Waals surface area contributed by atoms with Crippen molar-refractivity contribution in [2.24, 2.45) is 5.92 Å². The fourth-order valence-corrected chi connectivity index (χ4v) is 2.34. The summed E-state index contributed by atoms with van der Waals surface area (Å²) in [4.78, 5) is 12.9. The van der Waals surface area contributed by atoms with E-state index in [-0.39, 0.29) is 11.9 Å². The van der Waals surface area contributed by atoms with Crippen molar-refractivity contribution in [1.82, 2.24) is 0 Å². The van der Waals surface area contributed by atoms with E-state index in [2.05, 4.69) is 24.3 Å². The molecule has 1 aliphatic heterocycles. The van der Waals surface area contributed by atoms with E-state index in [0.29, 0.717) is 0 Å². The monoisotopic (exact) mass is 220 g/mol. The Morgan fingerprint density at radius 2 is 2.19 bits per heavy atom. The van der Waals surface area contributed by atoms with Crippen LogP contribution in [0.15, 0.2) is 30.3 Å². The molecule has 0 amide bonds. The van der Waals surface area contributed by atoms with Gasteiger partial charge in [-0.1, -0.05) is 30.3 Å². The van der Waals surface area contributed by atoms with Gasteiger partial charge in [-0.15, -0.1) is 0 Å². The Bertz CT molecular complexity index is 350. The van der Waals surface area contributed by atoms with E-state index in [4.69, 9.17) is 4.74 Å². The number of quaternary nitrogens is 1. The molecular weight excluding hydrogens is 202 g/mol. The van der Waals surface area contributed by atoms with Crippen molar-refractivity contribution >= 4 is 5.97 Å². The molecular formula is C13H18NO2+. The van der Waals surface area contributed by atoms with Gasteiger partial charge in [-0.25, -0.2) is 0 Å². The minimum atomic E-state index is -0.0527. The van der Waals surface area contributed by atoms with Crippen LogP contribution in [0.4, 0.5) is 0 Å². The van der Waals surface area contributed by atoms with Gasteiger partial charge in [-0.2, -0.15) is 0 Å². The Hall–Kier alpha value is -1.35. The van der Waals surface area contributed by atoms with Crippen molar-refractivity contribution in [3.63, 3.8) is 0 Å². The van der Waals surface area contributed by atoms with Crippen LogP contribution >= 0.6 is 0 Å². The van der Waals surface area contributed by atoms with E-state index in [0.717, 1.165) is 26.1 Å². The van der Waals surface area contributed by atoms with Crippen LogP contribution in [0.2, 0.25) is 0 Å². The van der Waals surface area contributed by atoms with Gasteiger partial charge in [-0.3, -0.25) is 4.79 Å². The molecule has 3 heteroatoms. The standard InChI is InChI=1S/C13H17NO2/c1-16-13(15)12-7-8-14(10-12)9-11-5-3-2-4-6-11/h2-6,12H,7-10H2,1H3/p+1/t12-/m0/s1. The Kier molecular flexibility index (Phi) is 3.57. The van der Waals surface area contributed by atoms with Gasteiger partial charge >= 0.3 is 5.97 Å². The molecule has 1 aromatic carbocycles. The van der Waals surface area contributed by atoms with Crippen molar-refractivity contribution < 1.29 is 14.4 Å².